The monoisotopic (exact) mass is 277 g/mol. The molecule has 0 unspecified atom stereocenters. The van der Waals surface area contributed by atoms with Crippen LogP contribution in [0.15, 0.2) is 35.4 Å². The molecule has 0 atom stereocenters. The summed E-state index contributed by atoms with van der Waals surface area (Å²) < 4.78 is 13.5. The molecule has 20 heavy (non-hydrogen) atoms. The SMILES string of the molecule is O=C(O)c1ccc(F)c(NC(=O)c2c[nH]c(=O)cn2)c1. The lowest BCUT2D eigenvalue weighted by Crippen LogP contribution is -2.18. The summed E-state index contributed by atoms with van der Waals surface area (Å²) in [5.41, 5.74) is -1.08. The maximum Gasteiger partial charge on any atom is 0.335 e. The van der Waals surface area contributed by atoms with Gasteiger partial charge < -0.3 is 15.4 Å². The molecule has 1 heterocycles. The molecule has 2 aromatic rings. The van der Waals surface area contributed by atoms with E-state index in [-0.39, 0.29) is 16.9 Å². The highest BCUT2D eigenvalue weighted by Crippen LogP contribution is 2.16. The van der Waals surface area contributed by atoms with Crippen molar-refractivity contribution < 1.29 is 19.1 Å². The molecule has 1 aromatic heterocycles. The van der Waals surface area contributed by atoms with E-state index in [1.54, 1.807) is 0 Å². The van der Waals surface area contributed by atoms with E-state index in [0.29, 0.717) is 0 Å². The molecule has 0 saturated carbocycles. The van der Waals surface area contributed by atoms with Gasteiger partial charge in [-0.1, -0.05) is 0 Å². The Balaban J connectivity index is 2.27. The van der Waals surface area contributed by atoms with Crippen molar-refractivity contribution in [2.75, 3.05) is 5.32 Å². The van der Waals surface area contributed by atoms with Crippen LogP contribution >= 0.6 is 0 Å². The number of halogens is 1. The highest BCUT2D eigenvalue weighted by molar-refractivity contribution is 6.03. The van der Waals surface area contributed by atoms with Crippen LogP contribution in [-0.4, -0.2) is 27.0 Å². The fourth-order valence-corrected chi connectivity index (χ4v) is 1.41. The first-order valence-electron chi connectivity index (χ1n) is 5.36. The molecule has 8 heteroatoms. The lowest BCUT2D eigenvalue weighted by Gasteiger charge is -2.06. The van der Waals surface area contributed by atoms with Crippen LogP contribution in [0.25, 0.3) is 0 Å². The summed E-state index contributed by atoms with van der Waals surface area (Å²) in [4.78, 5) is 39.1. The molecule has 0 aliphatic rings. The van der Waals surface area contributed by atoms with Crippen molar-refractivity contribution in [3.8, 4) is 0 Å². The molecule has 0 bridgehead atoms. The molecular weight excluding hydrogens is 269 g/mol. The first kappa shape index (κ1) is 13.4. The average molecular weight is 277 g/mol. The second-order valence-electron chi connectivity index (χ2n) is 3.75. The Morgan fingerprint density at radius 1 is 1.35 bits per heavy atom. The zero-order valence-corrected chi connectivity index (χ0v) is 9.88. The van der Waals surface area contributed by atoms with Gasteiger partial charge in [0.15, 0.2) is 0 Å². The normalized spacial score (nSPS) is 10.1. The van der Waals surface area contributed by atoms with Gasteiger partial charge >= 0.3 is 5.97 Å². The number of nitrogens with one attached hydrogen (secondary N) is 2. The van der Waals surface area contributed by atoms with Crippen molar-refractivity contribution in [1.82, 2.24) is 9.97 Å². The number of anilines is 1. The molecule has 0 spiro atoms. The number of aromatic carboxylic acids is 1. The van der Waals surface area contributed by atoms with E-state index < -0.39 is 23.3 Å². The second kappa shape index (κ2) is 5.31. The molecule has 102 valence electrons. The summed E-state index contributed by atoms with van der Waals surface area (Å²) in [6, 6.07) is 2.99. The number of carbonyl (C=O) groups is 2. The molecule has 0 aliphatic carbocycles. The third-order valence-electron chi connectivity index (χ3n) is 2.37. The average Bonchev–Trinajstić information content (AvgIpc) is 2.41. The van der Waals surface area contributed by atoms with E-state index in [9.17, 15) is 18.8 Å². The van der Waals surface area contributed by atoms with Gasteiger partial charge in [0.1, 0.15) is 11.5 Å². The minimum absolute atomic E-state index is 0.135. The van der Waals surface area contributed by atoms with E-state index in [1.165, 1.54) is 0 Å². The number of carboxylic acid groups (broad SMARTS) is 1. The molecule has 0 radical (unpaired) electrons. The van der Waals surface area contributed by atoms with Gasteiger partial charge in [0.2, 0.25) is 0 Å². The molecule has 0 fully saturated rings. The van der Waals surface area contributed by atoms with E-state index >= 15 is 0 Å². The lowest BCUT2D eigenvalue weighted by atomic mass is 10.2. The van der Waals surface area contributed by atoms with Crippen LogP contribution in [0.4, 0.5) is 10.1 Å². The number of nitrogens with zero attached hydrogens (tertiary/aromatic N) is 1. The number of hydrogen-bond donors (Lipinski definition) is 3. The minimum Gasteiger partial charge on any atom is -0.478 e. The number of aromatic nitrogens is 2. The Kier molecular flexibility index (Phi) is 3.56. The predicted octanol–water partition coefficient (Wildman–Crippen LogP) is 0.859. The second-order valence-corrected chi connectivity index (χ2v) is 3.75. The summed E-state index contributed by atoms with van der Waals surface area (Å²) in [5.74, 6) is -2.81. The molecule has 1 aromatic carbocycles. The lowest BCUT2D eigenvalue weighted by molar-refractivity contribution is 0.0696. The number of rotatable bonds is 3. The fourth-order valence-electron chi connectivity index (χ4n) is 1.41. The van der Waals surface area contributed by atoms with Crippen LogP contribution in [0.5, 0.6) is 0 Å². The summed E-state index contributed by atoms with van der Waals surface area (Å²) in [6.07, 6.45) is 1.97. The third kappa shape index (κ3) is 2.86. The van der Waals surface area contributed by atoms with Crippen LogP contribution in [0, 0.1) is 5.82 Å². The number of carbonyl (C=O) groups excluding carboxylic acids is 1. The van der Waals surface area contributed by atoms with Crippen molar-refractivity contribution in [1.29, 1.82) is 0 Å². The van der Waals surface area contributed by atoms with Crippen molar-refractivity contribution in [3.05, 3.63) is 58.0 Å². The molecule has 0 aliphatic heterocycles. The highest BCUT2D eigenvalue weighted by atomic mass is 19.1. The summed E-state index contributed by atoms with van der Waals surface area (Å²) in [6.45, 7) is 0. The van der Waals surface area contributed by atoms with Gasteiger partial charge in [0.25, 0.3) is 11.5 Å². The van der Waals surface area contributed by atoms with Gasteiger partial charge in [-0.15, -0.1) is 0 Å². The van der Waals surface area contributed by atoms with Crippen molar-refractivity contribution in [3.63, 3.8) is 0 Å². The molecular formula is C12H8FN3O4. The molecule has 2 rings (SSSR count). The van der Waals surface area contributed by atoms with Gasteiger partial charge in [-0.2, -0.15) is 0 Å². The maximum absolute atomic E-state index is 13.5. The van der Waals surface area contributed by atoms with Crippen LogP contribution in [0.1, 0.15) is 20.8 Å². The zero-order valence-electron chi connectivity index (χ0n) is 9.88. The quantitative estimate of drug-likeness (QED) is 0.770. The molecule has 3 N–H and O–H groups in total. The number of hydrogen-bond acceptors (Lipinski definition) is 4. The van der Waals surface area contributed by atoms with E-state index in [0.717, 1.165) is 30.6 Å². The smallest absolute Gasteiger partial charge is 0.335 e. The fraction of sp³-hybridized carbons (Fsp3) is 0. The maximum atomic E-state index is 13.5. The number of H-pyrrole nitrogens is 1. The summed E-state index contributed by atoms with van der Waals surface area (Å²) in [7, 11) is 0. The standard InChI is InChI=1S/C12H8FN3O4/c13-7-2-1-6(12(19)20)3-8(7)16-11(18)9-4-15-10(17)5-14-9/h1-5H,(H,15,17)(H,16,18)(H,19,20). The van der Waals surface area contributed by atoms with Gasteiger partial charge in [-0.3, -0.25) is 9.59 Å². The number of carboxylic acids is 1. The molecule has 7 nitrogen and oxygen atoms in total. The van der Waals surface area contributed by atoms with Gasteiger partial charge in [-0.05, 0) is 18.2 Å². The van der Waals surface area contributed by atoms with Gasteiger partial charge in [-0.25, -0.2) is 14.2 Å². The topological polar surface area (TPSA) is 112 Å². The first-order valence-corrected chi connectivity index (χ1v) is 5.36. The Morgan fingerprint density at radius 3 is 2.70 bits per heavy atom. The van der Waals surface area contributed by atoms with Crippen LogP contribution in [0.2, 0.25) is 0 Å². The van der Waals surface area contributed by atoms with Gasteiger partial charge in [0.05, 0.1) is 17.4 Å². The summed E-state index contributed by atoms with van der Waals surface area (Å²) in [5, 5.41) is 11.0. The zero-order chi connectivity index (χ0) is 14.7. The van der Waals surface area contributed by atoms with Gasteiger partial charge in [0, 0.05) is 6.20 Å². The van der Waals surface area contributed by atoms with E-state index in [1.807, 2.05) is 0 Å². The molecule has 1 amide bonds. The molecule has 0 saturated heterocycles. The van der Waals surface area contributed by atoms with Crippen molar-refractivity contribution >= 4 is 17.6 Å². The number of benzene rings is 1. The first-order chi connectivity index (χ1) is 9.47. The largest absolute Gasteiger partial charge is 0.478 e. The predicted molar refractivity (Wildman–Crippen MR) is 66.2 cm³/mol. The minimum atomic E-state index is -1.25. The van der Waals surface area contributed by atoms with E-state index in [2.05, 4.69) is 15.3 Å². The summed E-state index contributed by atoms with van der Waals surface area (Å²) >= 11 is 0. The van der Waals surface area contributed by atoms with E-state index in [4.69, 9.17) is 5.11 Å². The Morgan fingerprint density at radius 2 is 2.10 bits per heavy atom. The highest BCUT2D eigenvalue weighted by Gasteiger charge is 2.13. The Labute approximate surface area is 111 Å². The van der Waals surface area contributed by atoms with Crippen molar-refractivity contribution in [2.45, 2.75) is 0 Å². The Bertz CT molecular complexity index is 721. The van der Waals surface area contributed by atoms with Crippen LogP contribution < -0.4 is 10.9 Å². The number of amides is 1. The van der Waals surface area contributed by atoms with Crippen molar-refractivity contribution in [2.24, 2.45) is 0 Å². The van der Waals surface area contributed by atoms with Crippen LogP contribution in [0.3, 0.4) is 0 Å². The third-order valence-corrected chi connectivity index (χ3v) is 2.37. The van der Waals surface area contributed by atoms with Crippen LogP contribution in [-0.2, 0) is 0 Å². The Hall–Kier alpha value is -3.03. The number of aromatic amines is 1.